The van der Waals surface area contributed by atoms with E-state index in [1.807, 2.05) is 44.4 Å². The molecule has 1 atom stereocenters. The maximum absolute atomic E-state index is 14.1. The van der Waals surface area contributed by atoms with E-state index < -0.39 is 0 Å². The number of aryl methyl sites for hydroxylation is 1. The standard InChI is InChI=1S/C30H29BrN6O3/c1-17-12-21(8-11-25(17)31)28(39)35-16-26-24(13-18(35)2)29(40)37(23-9-6-20(7-10-23)27(38)32-3)30(34-26)36-15-22(14-33-36)19-4-5-19/h6-12,14-15,18-19H,4-5,13,16H2,1-3H3,(H,32,38)/t18-/m0/s1. The van der Waals surface area contributed by atoms with Gasteiger partial charge in [-0.15, -0.1) is 0 Å². The first-order chi connectivity index (χ1) is 19.2. The molecule has 2 amide bonds. The first-order valence-corrected chi connectivity index (χ1v) is 14.1. The van der Waals surface area contributed by atoms with E-state index in [9.17, 15) is 14.4 Å². The molecule has 2 aliphatic rings. The average Bonchev–Trinajstić information content (AvgIpc) is 3.70. The van der Waals surface area contributed by atoms with Crippen molar-refractivity contribution in [1.82, 2.24) is 29.5 Å². The van der Waals surface area contributed by atoms with Gasteiger partial charge < -0.3 is 10.2 Å². The number of nitrogens with one attached hydrogen (secondary N) is 1. The highest BCUT2D eigenvalue weighted by Gasteiger charge is 2.33. The quantitative estimate of drug-likeness (QED) is 0.368. The van der Waals surface area contributed by atoms with Gasteiger partial charge in [0.05, 0.1) is 24.1 Å². The maximum Gasteiger partial charge on any atom is 0.263 e. The number of hydrogen-bond donors (Lipinski definition) is 1. The number of benzene rings is 2. The molecule has 6 rings (SSSR count). The predicted molar refractivity (Wildman–Crippen MR) is 154 cm³/mol. The second kappa shape index (κ2) is 10.2. The largest absolute Gasteiger partial charge is 0.355 e. The minimum atomic E-state index is -0.205. The summed E-state index contributed by atoms with van der Waals surface area (Å²) in [5, 5.41) is 7.18. The number of nitrogens with zero attached hydrogens (tertiary/aromatic N) is 5. The van der Waals surface area contributed by atoms with E-state index in [0.717, 1.165) is 28.4 Å². The zero-order chi connectivity index (χ0) is 28.1. The molecule has 40 heavy (non-hydrogen) atoms. The van der Waals surface area contributed by atoms with Crippen molar-refractivity contribution in [3.05, 3.63) is 103 Å². The number of carbonyl (C=O) groups is 2. The second-order valence-electron chi connectivity index (χ2n) is 10.5. The minimum Gasteiger partial charge on any atom is -0.355 e. The Balaban J connectivity index is 1.45. The summed E-state index contributed by atoms with van der Waals surface area (Å²) < 4.78 is 4.14. The van der Waals surface area contributed by atoms with E-state index in [1.165, 1.54) is 0 Å². The normalized spacial score (nSPS) is 16.5. The summed E-state index contributed by atoms with van der Waals surface area (Å²) in [7, 11) is 1.58. The molecule has 0 radical (unpaired) electrons. The van der Waals surface area contributed by atoms with Gasteiger partial charge in [0.1, 0.15) is 0 Å². The van der Waals surface area contributed by atoms with Crippen LogP contribution in [0.2, 0.25) is 0 Å². The fourth-order valence-corrected chi connectivity index (χ4v) is 5.47. The Morgan fingerprint density at radius 1 is 1.07 bits per heavy atom. The third kappa shape index (κ3) is 4.66. The van der Waals surface area contributed by atoms with Crippen molar-refractivity contribution in [3.63, 3.8) is 0 Å². The van der Waals surface area contributed by atoms with Gasteiger partial charge in [-0.05, 0) is 92.6 Å². The van der Waals surface area contributed by atoms with E-state index in [2.05, 4.69) is 26.3 Å². The summed E-state index contributed by atoms with van der Waals surface area (Å²) in [4.78, 5) is 46.5. The molecule has 2 aromatic carbocycles. The number of fused-ring (bicyclic) bond motifs is 1. The molecule has 0 bridgehead atoms. The van der Waals surface area contributed by atoms with Crippen LogP contribution in [0.15, 0.2) is 64.1 Å². The number of amides is 2. The van der Waals surface area contributed by atoms with Gasteiger partial charge >= 0.3 is 0 Å². The lowest BCUT2D eigenvalue weighted by atomic mass is 9.98. The van der Waals surface area contributed by atoms with E-state index >= 15 is 0 Å². The van der Waals surface area contributed by atoms with Crippen molar-refractivity contribution in [2.24, 2.45) is 0 Å². The Morgan fingerprint density at radius 2 is 1.80 bits per heavy atom. The van der Waals surface area contributed by atoms with Crippen molar-refractivity contribution in [1.29, 1.82) is 0 Å². The molecule has 4 aromatic rings. The number of hydrogen-bond acceptors (Lipinski definition) is 5. The lowest BCUT2D eigenvalue weighted by Crippen LogP contribution is -2.46. The van der Waals surface area contributed by atoms with Crippen LogP contribution in [0.1, 0.15) is 68.8 Å². The summed E-state index contributed by atoms with van der Waals surface area (Å²) in [5.74, 6) is 0.538. The Kier molecular flexibility index (Phi) is 6.66. The van der Waals surface area contributed by atoms with Crippen LogP contribution in [-0.2, 0) is 13.0 Å². The zero-order valence-electron chi connectivity index (χ0n) is 22.5. The predicted octanol–water partition coefficient (Wildman–Crippen LogP) is 4.31. The van der Waals surface area contributed by atoms with Crippen LogP contribution in [-0.4, -0.2) is 49.1 Å². The molecule has 1 aliphatic heterocycles. The molecule has 2 aromatic heterocycles. The number of halogens is 1. The van der Waals surface area contributed by atoms with Crippen molar-refractivity contribution in [2.45, 2.75) is 51.6 Å². The van der Waals surface area contributed by atoms with Crippen molar-refractivity contribution in [2.75, 3.05) is 7.05 Å². The Hall–Kier alpha value is -4.05. The third-order valence-corrected chi connectivity index (χ3v) is 8.62. The Labute approximate surface area is 240 Å². The Bertz CT molecular complexity index is 1700. The minimum absolute atomic E-state index is 0.0961. The van der Waals surface area contributed by atoms with Gasteiger partial charge in [0.15, 0.2) is 0 Å². The number of aromatic nitrogens is 4. The lowest BCUT2D eigenvalue weighted by Gasteiger charge is -2.34. The van der Waals surface area contributed by atoms with Crippen LogP contribution >= 0.6 is 15.9 Å². The highest BCUT2D eigenvalue weighted by molar-refractivity contribution is 9.10. The number of rotatable bonds is 5. The molecule has 1 N–H and O–H groups in total. The molecule has 10 heteroatoms. The van der Waals surface area contributed by atoms with Crippen molar-refractivity contribution < 1.29 is 9.59 Å². The van der Waals surface area contributed by atoms with Crippen LogP contribution in [0.4, 0.5) is 0 Å². The first kappa shape index (κ1) is 26.2. The van der Waals surface area contributed by atoms with Gasteiger partial charge in [-0.1, -0.05) is 15.9 Å². The summed E-state index contributed by atoms with van der Waals surface area (Å²) in [6.07, 6.45) is 6.39. The van der Waals surface area contributed by atoms with Crippen LogP contribution in [0.25, 0.3) is 11.6 Å². The van der Waals surface area contributed by atoms with E-state index in [0.29, 0.717) is 46.4 Å². The van der Waals surface area contributed by atoms with E-state index in [1.54, 1.807) is 45.5 Å². The van der Waals surface area contributed by atoms with Crippen molar-refractivity contribution >= 4 is 27.7 Å². The van der Waals surface area contributed by atoms with Crippen LogP contribution < -0.4 is 10.9 Å². The Morgan fingerprint density at radius 3 is 2.48 bits per heavy atom. The van der Waals surface area contributed by atoms with Gasteiger partial charge in [-0.25, -0.2) is 14.2 Å². The van der Waals surface area contributed by atoms with Crippen molar-refractivity contribution in [3.8, 4) is 11.6 Å². The SMILES string of the molecule is CNC(=O)c1ccc(-n2c(-n3cc(C4CC4)cn3)nc3c(c2=O)C[C@H](C)N(C(=O)c2ccc(Br)c(C)c2)C3)cc1. The first-order valence-electron chi connectivity index (χ1n) is 13.3. The van der Waals surface area contributed by atoms with Crippen LogP contribution in [0.3, 0.4) is 0 Å². The number of carbonyl (C=O) groups excluding carboxylic acids is 2. The fourth-order valence-electron chi connectivity index (χ4n) is 5.23. The monoisotopic (exact) mass is 600 g/mol. The lowest BCUT2D eigenvalue weighted by molar-refractivity contribution is 0.0652. The van der Waals surface area contributed by atoms with Gasteiger partial charge in [0, 0.05) is 40.4 Å². The van der Waals surface area contributed by atoms with Gasteiger partial charge in [0.2, 0.25) is 5.95 Å². The highest BCUT2D eigenvalue weighted by Crippen LogP contribution is 2.40. The molecule has 0 spiro atoms. The summed E-state index contributed by atoms with van der Waals surface area (Å²) in [6, 6.07) is 12.2. The molecule has 3 heterocycles. The topological polar surface area (TPSA) is 102 Å². The molecule has 204 valence electrons. The van der Waals surface area contributed by atoms with E-state index in [-0.39, 0.29) is 30.0 Å². The molecular weight excluding hydrogens is 572 g/mol. The molecule has 1 aliphatic carbocycles. The molecule has 0 unspecified atom stereocenters. The zero-order valence-corrected chi connectivity index (χ0v) is 24.1. The molecule has 0 saturated heterocycles. The second-order valence-corrected chi connectivity index (χ2v) is 11.4. The fraction of sp³-hybridized carbons (Fsp3) is 0.300. The van der Waals surface area contributed by atoms with E-state index in [4.69, 9.17) is 4.98 Å². The molecular formula is C30H29BrN6O3. The van der Waals surface area contributed by atoms with Gasteiger partial charge in [-0.2, -0.15) is 5.10 Å². The molecule has 1 saturated carbocycles. The maximum atomic E-state index is 14.1. The van der Waals surface area contributed by atoms with Gasteiger partial charge in [0.25, 0.3) is 17.4 Å². The molecule has 1 fully saturated rings. The average molecular weight is 602 g/mol. The van der Waals surface area contributed by atoms with Crippen LogP contribution in [0, 0.1) is 6.92 Å². The summed E-state index contributed by atoms with van der Waals surface area (Å²) in [5.41, 5.74) is 4.72. The smallest absolute Gasteiger partial charge is 0.263 e. The molecule has 9 nitrogen and oxygen atoms in total. The third-order valence-electron chi connectivity index (χ3n) is 7.73. The van der Waals surface area contributed by atoms with Crippen LogP contribution in [0.5, 0.6) is 0 Å². The highest BCUT2D eigenvalue weighted by atomic mass is 79.9. The summed E-state index contributed by atoms with van der Waals surface area (Å²) in [6.45, 7) is 4.13. The van der Waals surface area contributed by atoms with Gasteiger partial charge in [-0.3, -0.25) is 14.4 Å². The summed E-state index contributed by atoms with van der Waals surface area (Å²) >= 11 is 3.50.